The molecule has 0 bridgehead atoms. The third-order valence-electron chi connectivity index (χ3n) is 2.95. The molecule has 1 atom stereocenters. The lowest BCUT2D eigenvalue weighted by Crippen LogP contribution is -2.44. The van der Waals surface area contributed by atoms with E-state index in [9.17, 15) is 14.9 Å². The van der Waals surface area contributed by atoms with E-state index in [0.717, 1.165) is 0 Å². The quantitative estimate of drug-likeness (QED) is 0.324. The summed E-state index contributed by atoms with van der Waals surface area (Å²) >= 11 is 1.96. The molecule has 1 amide bonds. The molecule has 0 spiro atoms. The van der Waals surface area contributed by atoms with Gasteiger partial charge in [-0.1, -0.05) is 6.92 Å². The molecular weight excluding hydrogens is 391 g/mol. The van der Waals surface area contributed by atoms with Gasteiger partial charge in [0.2, 0.25) is 0 Å². The molecule has 0 radical (unpaired) electrons. The third-order valence-corrected chi connectivity index (χ3v) is 3.90. The third kappa shape index (κ3) is 4.61. The fraction of sp³-hybridized carbons (Fsp3) is 0.462. The summed E-state index contributed by atoms with van der Waals surface area (Å²) in [6, 6.07) is 3.82. The van der Waals surface area contributed by atoms with Crippen LogP contribution >= 0.6 is 22.6 Å². The van der Waals surface area contributed by atoms with Crippen LogP contribution in [0.3, 0.4) is 0 Å². The van der Waals surface area contributed by atoms with E-state index in [1.165, 1.54) is 26.4 Å². The van der Waals surface area contributed by atoms with Crippen LogP contribution in [0.4, 0.5) is 5.69 Å². The van der Waals surface area contributed by atoms with Crippen LogP contribution in [0.5, 0.6) is 0 Å². The van der Waals surface area contributed by atoms with Crippen LogP contribution < -0.4 is 5.32 Å². The van der Waals surface area contributed by atoms with Crippen LogP contribution in [0.15, 0.2) is 18.2 Å². The van der Waals surface area contributed by atoms with Gasteiger partial charge in [-0.25, -0.2) is 0 Å². The molecule has 0 saturated heterocycles. The number of nitro groups is 1. The Balaban J connectivity index is 2.97. The first kappa shape index (κ1) is 17.8. The highest BCUT2D eigenvalue weighted by Gasteiger charge is 2.23. The van der Waals surface area contributed by atoms with Crippen LogP contribution in [0, 0.1) is 13.7 Å². The zero-order valence-corrected chi connectivity index (χ0v) is 14.1. The summed E-state index contributed by atoms with van der Waals surface area (Å²) in [6.45, 7) is 1.88. The average molecular weight is 408 g/mol. The Bertz CT molecular complexity index is 519. The molecular formula is C13H17IN2O5. The number of carbonyl (C=O) groups excluding carboxylic acids is 1. The Morgan fingerprint density at radius 1 is 1.43 bits per heavy atom. The molecule has 0 aromatic heterocycles. The van der Waals surface area contributed by atoms with Crippen molar-refractivity contribution in [2.45, 2.75) is 25.7 Å². The number of nitrogens with one attached hydrogen (secondary N) is 1. The number of methoxy groups -OCH3 is 2. The molecule has 1 unspecified atom stereocenters. The summed E-state index contributed by atoms with van der Waals surface area (Å²) in [5.41, 5.74) is 0.137. The highest BCUT2D eigenvalue weighted by atomic mass is 127. The van der Waals surface area contributed by atoms with Crippen LogP contribution in [0.25, 0.3) is 0 Å². The second-order valence-corrected chi connectivity index (χ2v) is 5.41. The van der Waals surface area contributed by atoms with E-state index < -0.39 is 17.1 Å². The van der Waals surface area contributed by atoms with Gasteiger partial charge in [0.15, 0.2) is 6.29 Å². The second-order valence-electron chi connectivity index (χ2n) is 4.25. The number of hydrogen-bond acceptors (Lipinski definition) is 5. The maximum atomic E-state index is 12.3. The Hall–Kier alpha value is -1.26. The van der Waals surface area contributed by atoms with Crippen LogP contribution in [0.1, 0.15) is 23.7 Å². The molecule has 1 aromatic rings. The summed E-state index contributed by atoms with van der Waals surface area (Å²) in [4.78, 5) is 22.6. The Kier molecular flexibility index (Phi) is 6.99. The fourth-order valence-corrected chi connectivity index (χ4v) is 2.41. The van der Waals surface area contributed by atoms with Gasteiger partial charge in [-0.05, 0) is 35.1 Å². The lowest BCUT2D eigenvalue weighted by Gasteiger charge is -2.24. The summed E-state index contributed by atoms with van der Waals surface area (Å²) in [5, 5.41) is 13.6. The summed E-state index contributed by atoms with van der Waals surface area (Å²) in [7, 11) is 2.97. The molecule has 8 heteroatoms. The van der Waals surface area contributed by atoms with Crippen molar-refractivity contribution >= 4 is 34.2 Å². The van der Waals surface area contributed by atoms with Gasteiger partial charge in [-0.2, -0.15) is 0 Å². The van der Waals surface area contributed by atoms with Crippen LogP contribution in [-0.2, 0) is 9.47 Å². The van der Waals surface area contributed by atoms with Gasteiger partial charge in [0.25, 0.3) is 11.6 Å². The van der Waals surface area contributed by atoms with Crippen LogP contribution in [-0.4, -0.2) is 37.4 Å². The maximum absolute atomic E-state index is 12.3. The summed E-state index contributed by atoms with van der Waals surface area (Å²) < 4.78 is 10.9. The molecule has 0 fully saturated rings. The number of nitro benzene ring substituents is 1. The lowest BCUT2D eigenvalue weighted by atomic mass is 10.1. The zero-order chi connectivity index (χ0) is 16.0. The number of amides is 1. The van der Waals surface area contributed by atoms with Gasteiger partial charge in [0, 0.05) is 29.9 Å². The normalized spacial score (nSPS) is 12.2. The number of rotatable bonds is 7. The topological polar surface area (TPSA) is 90.7 Å². The Morgan fingerprint density at radius 2 is 2.05 bits per heavy atom. The minimum absolute atomic E-state index is 0.122. The molecule has 21 heavy (non-hydrogen) atoms. The number of carbonyl (C=O) groups is 1. The van der Waals surface area contributed by atoms with Gasteiger partial charge >= 0.3 is 0 Å². The van der Waals surface area contributed by atoms with Gasteiger partial charge in [0.1, 0.15) is 0 Å². The van der Waals surface area contributed by atoms with Crippen LogP contribution in [0.2, 0.25) is 0 Å². The maximum Gasteiger partial charge on any atom is 0.270 e. The van der Waals surface area contributed by atoms with E-state index in [1.54, 1.807) is 6.07 Å². The Morgan fingerprint density at radius 3 is 2.52 bits per heavy atom. The van der Waals surface area contributed by atoms with E-state index in [4.69, 9.17) is 9.47 Å². The lowest BCUT2D eigenvalue weighted by molar-refractivity contribution is -0.384. The van der Waals surface area contributed by atoms with Crippen molar-refractivity contribution in [3.63, 3.8) is 0 Å². The number of halogens is 1. The molecule has 116 valence electrons. The predicted octanol–water partition coefficient (Wildman–Crippen LogP) is 2.33. The molecule has 1 rings (SSSR count). The monoisotopic (exact) mass is 408 g/mol. The number of nitrogens with zero attached hydrogens (tertiary/aromatic N) is 1. The van der Waals surface area contributed by atoms with E-state index in [-0.39, 0.29) is 17.3 Å². The smallest absolute Gasteiger partial charge is 0.270 e. The molecule has 7 nitrogen and oxygen atoms in total. The summed E-state index contributed by atoms with van der Waals surface area (Å²) in [6.07, 6.45) is 0.0270. The van der Waals surface area contributed by atoms with Crippen molar-refractivity contribution < 1.29 is 19.2 Å². The zero-order valence-electron chi connectivity index (χ0n) is 12.0. The van der Waals surface area contributed by atoms with Gasteiger partial charge in [-0.15, -0.1) is 0 Å². The van der Waals surface area contributed by atoms with Gasteiger partial charge in [-0.3, -0.25) is 14.9 Å². The molecule has 0 aliphatic heterocycles. The van der Waals surface area contributed by atoms with Crippen molar-refractivity contribution in [2.24, 2.45) is 0 Å². The fourth-order valence-electron chi connectivity index (χ4n) is 1.83. The van der Waals surface area contributed by atoms with Gasteiger partial charge in [0.05, 0.1) is 16.5 Å². The predicted molar refractivity (Wildman–Crippen MR) is 85.2 cm³/mol. The molecule has 1 aromatic carbocycles. The van der Waals surface area contributed by atoms with Crippen molar-refractivity contribution in [2.75, 3.05) is 14.2 Å². The number of hydrogen-bond donors (Lipinski definition) is 1. The SMILES string of the molecule is CCC(NC(=O)c1cc([N+](=O)[O-])ccc1I)C(OC)OC. The van der Waals surface area contributed by atoms with E-state index >= 15 is 0 Å². The number of non-ortho nitro benzene ring substituents is 1. The highest BCUT2D eigenvalue weighted by molar-refractivity contribution is 14.1. The second kappa shape index (κ2) is 8.25. The van der Waals surface area contributed by atoms with Gasteiger partial charge < -0.3 is 14.8 Å². The highest BCUT2D eigenvalue weighted by Crippen LogP contribution is 2.20. The molecule has 0 saturated carbocycles. The van der Waals surface area contributed by atoms with Crippen molar-refractivity contribution in [3.8, 4) is 0 Å². The largest absolute Gasteiger partial charge is 0.354 e. The van der Waals surface area contributed by atoms with Crippen molar-refractivity contribution in [1.29, 1.82) is 0 Å². The first-order chi connectivity index (χ1) is 9.94. The Labute approximate surface area is 136 Å². The van der Waals surface area contributed by atoms with E-state index in [1.807, 2.05) is 29.5 Å². The standard InChI is InChI=1S/C13H17IN2O5/c1-4-11(13(20-2)21-3)15-12(17)9-7-8(16(18)19)5-6-10(9)14/h5-7,11,13H,4H2,1-3H3,(H,15,17). The average Bonchev–Trinajstić information content (AvgIpc) is 2.47. The molecule has 0 aliphatic carbocycles. The first-order valence-electron chi connectivity index (χ1n) is 6.25. The molecule has 0 aliphatic rings. The van der Waals surface area contributed by atoms with E-state index in [2.05, 4.69) is 5.32 Å². The molecule has 0 heterocycles. The van der Waals surface area contributed by atoms with E-state index in [0.29, 0.717) is 9.99 Å². The number of ether oxygens (including phenoxy) is 2. The summed E-state index contributed by atoms with van der Waals surface area (Å²) in [5.74, 6) is -0.394. The minimum Gasteiger partial charge on any atom is -0.354 e. The minimum atomic E-state index is -0.574. The molecule has 1 N–H and O–H groups in total. The van der Waals surface area contributed by atoms with Crippen molar-refractivity contribution in [3.05, 3.63) is 37.4 Å². The van der Waals surface area contributed by atoms with Crippen molar-refractivity contribution in [1.82, 2.24) is 5.32 Å². The number of benzene rings is 1. The first-order valence-corrected chi connectivity index (χ1v) is 7.32.